The van der Waals surface area contributed by atoms with Gasteiger partial charge in [0.1, 0.15) is 0 Å². The molecule has 2 aromatic rings. The number of rotatable bonds is 6. The van der Waals surface area contributed by atoms with Gasteiger partial charge in [0.2, 0.25) is 10.0 Å². The molecule has 0 saturated heterocycles. The summed E-state index contributed by atoms with van der Waals surface area (Å²) in [6, 6.07) is 3.94. The quantitative estimate of drug-likeness (QED) is 0.886. The van der Waals surface area contributed by atoms with Gasteiger partial charge < -0.3 is 0 Å². The molecule has 1 N–H and O–H groups in total. The first-order chi connectivity index (χ1) is 9.97. The van der Waals surface area contributed by atoms with Crippen LogP contribution in [0.5, 0.6) is 0 Å². The lowest BCUT2D eigenvalue weighted by Gasteiger charge is -2.19. The molecule has 0 bridgehead atoms. The van der Waals surface area contributed by atoms with Crippen molar-refractivity contribution in [1.82, 2.24) is 14.5 Å². The van der Waals surface area contributed by atoms with Crippen LogP contribution in [0.4, 0.5) is 0 Å². The van der Waals surface area contributed by atoms with Crippen LogP contribution in [0.15, 0.2) is 22.9 Å². The lowest BCUT2D eigenvalue weighted by atomic mass is 10.1. The van der Waals surface area contributed by atoms with Crippen molar-refractivity contribution < 1.29 is 8.42 Å². The van der Waals surface area contributed by atoms with E-state index in [2.05, 4.69) is 9.82 Å². The Labute approximate surface area is 129 Å². The number of hydrogen-bond acceptors (Lipinski definition) is 4. The molecule has 0 radical (unpaired) electrons. The Hall–Kier alpha value is -1.18. The highest BCUT2D eigenvalue weighted by atomic mass is 32.2. The smallest absolute Gasteiger partial charge is 0.214 e. The van der Waals surface area contributed by atoms with Crippen LogP contribution in [0.1, 0.15) is 35.8 Å². The maximum absolute atomic E-state index is 12.1. The number of aromatic nitrogens is 2. The van der Waals surface area contributed by atoms with Crippen molar-refractivity contribution in [1.29, 1.82) is 0 Å². The van der Waals surface area contributed by atoms with E-state index in [9.17, 15) is 8.42 Å². The Kier molecular flexibility index (Phi) is 3.90. The van der Waals surface area contributed by atoms with Gasteiger partial charge >= 0.3 is 0 Å². The second-order valence-electron chi connectivity index (χ2n) is 5.54. The number of thiophene rings is 1. The van der Waals surface area contributed by atoms with Crippen LogP contribution in [0.25, 0.3) is 0 Å². The monoisotopic (exact) mass is 325 g/mol. The van der Waals surface area contributed by atoms with E-state index in [1.54, 1.807) is 11.3 Å². The van der Waals surface area contributed by atoms with Crippen LogP contribution < -0.4 is 4.72 Å². The fourth-order valence-electron chi connectivity index (χ4n) is 2.46. The van der Waals surface area contributed by atoms with E-state index >= 15 is 0 Å². The van der Waals surface area contributed by atoms with Gasteiger partial charge in [-0.2, -0.15) is 16.4 Å². The van der Waals surface area contributed by atoms with Crippen LogP contribution >= 0.6 is 11.3 Å². The van der Waals surface area contributed by atoms with Crippen molar-refractivity contribution in [2.75, 3.05) is 6.54 Å². The molecule has 2 aromatic heterocycles. The van der Waals surface area contributed by atoms with E-state index < -0.39 is 10.0 Å². The van der Waals surface area contributed by atoms with E-state index in [0.29, 0.717) is 6.54 Å². The maximum atomic E-state index is 12.1. The Morgan fingerprint density at radius 1 is 1.48 bits per heavy atom. The van der Waals surface area contributed by atoms with Crippen LogP contribution in [0, 0.1) is 13.8 Å². The van der Waals surface area contributed by atoms with Gasteiger partial charge in [0.25, 0.3) is 0 Å². The molecule has 1 fully saturated rings. The first-order valence-electron chi connectivity index (χ1n) is 7.00. The summed E-state index contributed by atoms with van der Waals surface area (Å²) in [6.07, 6.45) is 1.55. The SMILES string of the molecule is Cc1cc(C)n(C(CNS(=O)(=O)C2CC2)c2ccsc2)n1. The summed E-state index contributed by atoms with van der Waals surface area (Å²) in [4.78, 5) is 0. The van der Waals surface area contributed by atoms with Crippen LogP contribution in [-0.4, -0.2) is 30.0 Å². The third kappa shape index (κ3) is 3.20. The average Bonchev–Trinajstić information content (AvgIpc) is 3.06. The van der Waals surface area contributed by atoms with Crippen molar-refractivity contribution >= 4 is 21.4 Å². The predicted molar refractivity (Wildman–Crippen MR) is 84.1 cm³/mol. The molecular weight excluding hydrogens is 306 g/mol. The summed E-state index contributed by atoms with van der Waals surface area (Å²) in [5.41, 5.74) is 3.07. The number of hydrogen-bond donors (Lipinski definition) is 1. The Balaban J connectivity index is 1.85. The highest BCUT2D eigenvalue weighted by Gasteiger charge is 2.36. The topological polar surface area (TPSA) is 64.0 Å². The van der Waals surface area contributed by atoms with E-state index in [0.717, 1.165) is 29.8 Å². The van der Waals surface area contributed by atoms with Gasteiger partial charge in [-0.25, -0.2) is 13.1 Å². The molecule has 5 nitrogen and oxygen atoms in total. The van der Waals surface area contributed by atoms with Crippen molar-refractivity contribution in [3.63, 3.8) is 0 Å². The Morgan fingerprint density at radius 3 is 2.76 bits per heavy atom. The van der Waals surface area contributed by atoms with Gasteiger partial charge in [-0.1, -0.05) is 0 Å². The zero-order chi connectivity index (χ0) is 15.0. The fraction of sp³-hybridized carbons (Fsp3) is 0.500. The first-order valence-corrected chi connectivity index (χ1v) is 9.49. The molecule has 114 valence electrons. The van der Waals surface area contributed by atoms with Crippen LogP contribution in [-0.2, 0) is 10.0 Å². The molecule has 0 amide bonds. The molecule has 2 heterocycles. The molecule has 1 aliphatic rings. The van der Waals surface area contributed by atoms with Gasteiger partial charge in [0, 0.05) is 12.2 Å². The van der Waals surface area contributed by atoms with Crippen LogP contribution in [0.2, 0.25) is 0 Å². The van der Waals surface area contributed by atoms with E-state index in [1.165, 1.54) is 0 Å². The molecule has 1 saturated carbocycles. The molecule has 0 aromatic carbocycles. The van der Waals surface area contributed by atoms with E-state index in [-0.39, 0.29) is 11.3 Å². The zero-order valence-electron chi connectivity index (χ0n) is 12.1. The summed E-state index contributed by atoms with van der Waals surface area (Å²) in [5.74, 6) is 0. The molecule has 1 atom stereocenters. The third-order valence-corrected chi connectivity index (χ3v) is 6.33. The molecule has 0 spiro atoms. The number of nitrogens with zero attached hydrogens (tertiary/aromatic N) is 2. The van der Waals surface area contributed by atoms with E-state index in [1.807, 2.05) is 41.4 Å². The normalized spacial score (nSPS) is 17.0. The highest BCUT2D eigenvalue weighted by molar-refractivity contribution is 7.90. The number of sulfonamides is 1. The highest BCUT2D eigenvalue weighted by Crippen LogP contribution is 2.28. The van der Waals surface area contributed by atoms with Crippen molar-refractivity contribution in [2.24, 2.45) is 0 Å². The standard InChI is InChI=1S/C14H19N3O2S2/c1-10-7-11(2)17(16-10)14(12-5-6-20-9-12)8-15-21(18,19)13-3-4-13/h5-7,9,13-15H,3-4,8H2,1-2H3. The second-order valence-corrected chi connectivity index (χ2v) is 8.36. The minimum atomic E-state index is -3.17. The summed E-state index contributed by atoms with van der Waals surface area (Å²) in [7, 11) is -3.17. The van der Waals surface area contributed by atoms with Gasteiger partial charge in [-0.3, -0.25) is 4.68 Å². The summed E-state index contributed by atoms with van der Waals surface area (Å²) < 4.78 is 28.8. The van der Waals surface area contributed by atoms with Gasteiger partial charge in [0.15, 0.2) is 0 Å². The fourth-order valence-corrected chi connectivity index (χ4v) is 4.55. The molecule has 1 unspecified atom stereocenters. The van der Waals surface area contributed by atoms with Gasteiger partial charge in [-0.15, -0.1) is 0 Å². The van der Waals surface area contributed by atoms with Gasteiger partial charge in [-0.05, 0) is 55.1 Å². The zero-order valence-corrected chi connectivity index (χ0v) is 13.7. The van der Waals surface area contributed by atoms with Crippen molar-refractivity contribution in [2.45, 2.75) is 38.0 Å². The van der Waals surface area contributed by atoms with Crippen molar-refractivity contribution in [3.8, 4) is 0 Å². The molecule has 7 heteroatoms. The Morgan fingerprint density at radius 2 is 2.24 bits per heavy atom. The van der Waals surface area contributed by atoms with Gasteiger partial charge in [0.05, 0.1) is 17.0 Å². The van der Waals surface area contributed by atoms with Crippen molar-refractivity contribution in [3.05, 3.63) is 39.8 Å². The minimum Gasteiger partial charge on any atom is -0.261 e. The predicted octanol–water partition coefficient (Wildman–Crippen LogP) is 2.23. The summed E-state index contributed by atoms with van der Waals surface area (Å²) in [5, 5.41) is 8.37. The van der Waals surface area contributed by atoms with Crippen LogP contribution in [0.3, 0.4) is 0 Å². The number of nitrogens with one attached hydrogen (secondary N) is 1. The first kappa shape index (κ1) is 14.7. The Bertz CT molecular complexity index is 715. The largest absolute Gasteiger partial charge is 0.261 e. The number of aryl methyl sites for hydroxylation is 2. The minimum absolute atomic E-state index is 0.0986. The molecule has 1 aliphatic carbocycles. The lowest BCUT2D eigenvalue weighted by molar-refractivity contribution is 0.494. The molecule has 3 rings (SSSR count). The summed E-state index contributed by atoms with van der Waals surface area (Å²) in [6.45, 7) is 4.29. The molecular formula is C14H19N3O2S2. The lowest BCUT2D eigenvalue weighted by Crippen LogP contribution is -2.34. The third-order valence-electron chi connectivity index (χ3n) is 3.71. The van der Waals surface area contributed by atoms with E-state index in [4.69, 9.17) is 0 Å². The molecule has 21 heavy (non-hydrogen) atoms. The second kappa shape index (κ2) is 5.55. The molecule has 0 aliphatic heterocycles. The average molecular weight is 325 g/mol. The summed E-state index contributed by atoms with van der Waals surface area (Å²) >= 11 is 1.61. The maximum Gasteiger partial charge on any atom is 0.214 e.